The van der Waals surface area contributed by atoms with Crippen molar-refractivity contribution in [2.24, 2.45) is 24.8 Å². The lowest BCUT2D eigenvalue weighted by molar-refractivity contribution is -0.138. The lowest BCUT2D eigenvalue weighted by atomic mass is 10.1. The smallest absolute Gasteiger partial charge is 0.389 e. The van der Waals surface area contributed by atoms with E-state index in [9.17, 15) is 18.0 Å². The molecule has 2 unspecified atom stereocenters. The number of alkyl halides is 3. The van der Waals surface area contributed by atoms with Crippen molar-refractivity contribution in [3.63, 3.8) is 0 Å². The summed E-state index contributed by atoms with van der Waals surface area (Å²) in [6.07, 6.45) is -2.14. The number of carbonyl (C=O) groups excluding carboxylic acids is 1. The van der Waals surface area contributed by atoms with Crippen molar-refractivity contribution in [1.82, 2.24) is 19.8 Å². The van der Waals surface area contributed by atoms with Crippen molar-refractivity contribution in [1.29, 1.82) is 0 Å². The van der Waals surface area contributed by atoms with Crippen molar-refractivity contribution < 1.29 is 22.7 Å². The van der Waals surface area contributed by atoms with Gasteiger partial charge in [-0.1, -0.05) is 18.2 Å². The molecule has 9 heteroatoms. The lowest BCUT2D eigenvalue weighted by Gasteiger charge is -2.24. The number of ether oxygens (including phenoxy) is 1. The van der Waals surface area contributed by atoms with Crippen LogP contribution < -0.4 is 10.1 Å². The van der Waals surface area contributed by atoms with Crippen LogP contribution in [0.4, 0.5) is 18.0 Å². The molecule has 1 N–H and O–H groups in total. The minimum atomic E-state index is -4.48. The molecular weight excluding hydrogens is 373 g/mol. The molecule has 6 nitrogen and oxygen atoms in total. The van der Waals surface area contributed by atoms with E-state index in [2.05, 4.69) is 10.3 Å². The first-order valence-electron chi connectivity index (χ1n) is 9.13. The third-order valence-electron chi connectivity index (χ3n) is 5.52. The molecule has 1 saturated heterocycles. The van der Waals surface area contributed by atoms with E-state index in [1.54, 1.807) is 17.7 Å². The summed E-state index contributed by atoms with van der Waals surface area (Å²) in [5, 5.41) is 3.28. The van der Waals surface area contributed by atoms with Gasteiger partial charge in [-0.3, -0.25) is 0 Å². The predicted molar refractivity (Wildman–Crippen MR) is 94.4 cm³/mol. The number of carbonyl (C=O) groups is 1. The molecule has 1 amide bonds. The second kappa shape index (κ2) is 7.12. The maximum absolute atomic E-state index is 13.4. The van der Waals surface area contributed by atoms with Crippen LogP contribution in [0.1, 0.15) is 11.1 Å². The van der Waals surface area contributed by atoms with Gasteiger partial charge in [0.05, 0.1) is 18.1 Å². The van der Waals surface area contributed by atoms with Gasteiger partial charge in [-0.2, -0.15) is 13.2 Å². The van der Waals surface area contributed by atoms with E-state index >= 15 is 0 Å². The van der Waals surface area contributed by atoms with Crippen LogP contribution in [0.25, 0.3) is 0 Å². The van der Waals surface area contributed by atoms with Gasteiger partial charge in [0.1, 0.15) is 0 Å². The lowest BCUT2D eigenvalue weighted by Crippen LogP contribution is -2.37. The van der Waals surface area contributed by atoms with Gasteiger partial charge in [0.15, 0.2) is 0 Å². The van der Waals surface area contributed by atoms with Crippen LogP contribution in [-0.4, -0.2) is 40.2 Å². The van der Waals surface area contributed by atoms with Crippen LogP contribution in [0.5, 0.6) is 5.88 Å². The number of amides is 1. The van der Waals surface area contributed by atoms with Gasteiger partial charge in [0.2, 0.25) is 5.88 Å². The molecule has 0 bridgehead atoms. The molecule has 150 valence electrons. The average molecular weight is 394 g/mol. The maximum atomic E-state index is 13.4. The first-order chi connectivity index (χ1) is 13.3. The molecule has 0 radical (unpaired) electrons. The SMILES string of the molecule is Cn1cnc(OC(=O)N(Cc2ccccc2C(F)(F)F)CC2C3CNCC32)c1. The Morgan fingerprint density at radius 2 is 2.04 bits per heavy atom. The fourth-order valence-corrected chi connectivity index (χ4v) is 4.01. The molecule has 2 aliphatic rings. The van der Waals surface area contributed by atoms with Crippen molar-refractivity contribution >= 4 is 6.09 Å². The Labute approximate surface area is 160 Å². The maximum Gasteiger partial charge on any atom is 0.416 e. The third kappa shape index (κ3) is 3.84. The molecule has 1 aromatic carbocycles. The van der Waals surface area contributed by atoms with E-state index < -0.39 is 17.8 Å². The number of hydrogen-bond donors (Lipinski definition) is 1. The minimum Gasteiger partial charge on any atom is -0.389 e. The summed E-state index contributed by atoms with van der Waals surface area (Å²) in [4.78, 5) is 18.0. The quantitative estimate of drug-likeness (QED) is 0.847. The topological polar surface area (TPSA) is 59.4 Å². The highest BCUT2D eigenvalue weighted by Gasteiger charge is 2.53. The van der Waals surface area contributed by atoms with Crippen LogP contribution in [0.2, 0.25) is 0 Å². The second-order valence-electron chi connectivity index (χ2n) is 7.43. The number of rotatable bonds is 5. The first-order valence-corrected chi connectivity index (χ1v) is 9.13. The number of imidazole rings is 1. The molecule has 2 aromatic rings. The molecule has 2 heterocycles. The number of piperidine rings is 1. The number of hydrogen-bond acceptors (Lipinski definition) is 4. The van der Waals surface area contributed by atoms with Gasteiger partial charge in [-0.05, 0) is 42.5 Å². The van der Waals surface area contributed by atoms with Crippen LogP contribution in [0.15, 0.2) is 36.8 Å². The molecule has 4 rings (SSSR count). The van der Waals surface area contributed by atoms with Crippen molar-refractivity contribution in [3.05, 3.63) is 47.9 Å². The number of benzene rings is 1. The summed E-state index contributed by atoms with van der Waals surface area (Å²) in [5.41, 5.74) is -0.680. The fourth-order valence-electron chi connectivity index (χ4n) is 4.01. The predicted octanol–water partition coefficient (Wildman–Crippen LogP) is 2.91. The normalized spacial score (nSPS) is 23.4. The van der Waals surface area contributed by atoms with Crippen molar-refractivity contribution in [2.75, 3.05) is 19.6 Å². The number of aryl methyl sites for hydroxylation is 1. The van der Waals surface area contributed by atoms with E-state index in [4.69, 9.17) is 4.74 Å². The zero-order valence-electron chi connectivity index (χ0n) is 15.3. The molecular formula is C19H21F3N4O2. The van der Waals surface area contributed by atoms with Crippen molar-refractivity contribution in [2.45, 2.75) is 12.7 Å². The van der Waals surface area contributed by atoms with Gasteiger partial charge in [0, 0.05) is 20.1 Å². The van der Waals surface area contributed by atoms with E-state index in [-0.39, 0.29) is 23.9 Å². The van der Waals surface area contributed by atoms with Gasteiger partial charge >= 0.3 is 12.3 Å². The van der Waals surface area contributed by atoms with E-state index in [1.807, 2.05) is 0 Å². The summed E-state index contributed by atoms with van der Waals surface area (Å²) >= 11 is 0. The Kier molecular flexibility index (Phi) is 4.78. The molecule has 1 saturated carbocycles. The monoisotopic (exact) mass is 394 g/mol. The molecule has 1 aliphatic heterocycles. The van der Waals surface area contributed by atoms with Gasteiger partial charge in [0.25, 0.3) is 0 Å². The summed E-state index contributed by atoms with van der Waals surface area (Å²) in [7, 11) is 1.74. The first kappa shape index (κ1) is 18.8. The van der Waals surface area contributed by atoms with Crippen molar-refractivity contribution in [3.8, 4) is 5.88 Å². The van der Waals surface area contributed by atoms with E-state index in [0.717, 1.165) is 19.2 Å². The highest BCUT2D eigenvalue weighted by Crippen LogP contribution is 2.49. The number of fused-ring (bicyclic) bond motifs is 1. The van der Waals surface area contributed by atoms with Gasteiger partial charge < -0.3 is 19.5 Å². The summed E-state index contributed by atoms with van der Waals surface area (Å²) < 4.78 is 47.0. The molecule has 1 aliphatic carbocycles. The summed E-state index contributed by atoms with van der Waals surface area (Å²) in [6, 6.07) is 5.33. The Morgan fingerprint density at radius 1 is 1.32 bits per heavy atom. The summed E-state index contributed by atoms with van der Waals surface area (Å²) in [5.74, 6) is 1.36. The summed E-state index contributed by atoms with van der Waals surface area (Å²) in [6.45, 7) is 1.98. The number of nitrogens with one attached hydrogen (secondary N) is 1. The van der Waals surface area contributed by atoms with E-state index in [1.165, 1.54) is 29.6 Å². The van der Waals surface area contributed by atoms with Crippen LogP contribution >= 0.6 is 0 Å². The van der Waals surface area contributed by atoms with E-state index in [0.29, 0.717) is 18.4 Å². The van der Waals surface area contributed by atoms with Gasteiger partial charge in [-0.25, -0.2) is 9.78 Å². The van der Waals surface area contributed by atoms with Gasteiger partial charge in [-0.15, -0.1) is 0 Å². The highest BCUT2D eigenvalue weighted by atomic mass is 19.4. The second-order valence-corrected chi connectivity index (χ2v) is 7.43. The molecule has 2 atom stereocenters. The van der Waals surface area contributed by atoms with Crippen LogP contribution in [-0.2, 0) is 19.8 Å². The van der Waals surface area contributed by atoms with Crippen LogP contribution in [0.3, 0.4) is 0 Å². The molecule has 2 fully saturated rings. The largest absolute Gasteiger partial charge is 0.416 e. The number of nitrogens with zero attached hydrogens (tertiary/aromatic N) is 3. The number of aromatic nitrogens is 2. The molecule has 28 heavy (non-hydrogen) atoms. The fraction of sp³-hybridized carbons (Fsp3) is 0.474. The molecule has 1 aromatic heterocycles. The van der Waals surface area contributed by atoms with Crippen LogP contribution in [0, 0.1) is 17.8 Å². The molecule has 0 spiro atoms. The Hall–Kier alpha value is -2.55. The zero-order chi connectivity index (χ0) is 19.9. The Balaban J connectivity index is 1.54. The highest BCUT2D eigenvalue weighted by molar-refractivity contribution is 5.70. The average Bonchev–Trinajstić information content (AvgIpc) is 2.99. The standard InChI is InChI=1S/C19H21F3N4O2/c1-25-10-17(24-11-25)28-18(27)26(9-15-13-6-23-7-14(13)15)8-12-4-2-3-5-16(12)19(20,21)22/h2-5,10-11,13-15,23H,6-9H2,1H3. The zero-order valence-corrected chi connectivity index (χ0v) is 15.3. The third-order valence-corrected chi connectivity index (χ3v) is 5.52. The number of halogens is 3. The Morgan fingerprint density at radius 3 is 2.68 bits per heavy atom. The Bertz CT molecular complexity index is 857. The minimum absolute atomic E-state index is 0.0527.